The fourth-order valence-electron chi connectivity index (χ4n) is 2.06. The lowest BCUT2D eigenvalue weighted by Crippen LogP contribution is -2.42. The average Bonchev–Trinajstić information content (AvgIpc) is 2.41. The van der Waals surface area contributed by atoms with Crippen LogP contribution in [0.4, 0.5) is 15.8 Å². The highest BCUT2D eigenvalue weighted by molar-refractivity contribution is 6.01. The van der Waals surface area contributed by atoms with Crippen LogP contribution in [0.2, 0.25) is 0 Å². The molecule has 0 atom stereocenters. The number of rotatable bonds is 2. The maximum atomic E-state index is 13.3. The number of hydrogen-bond acceptors (Lipinski definition) is 2. The van der Waals surface area contributed by atoms with E-state index < -0.39 is 5.41 Å². The van der Waals surface area contributed by atoms with Crippen molar-refractivity contribution in [1.82, 2.24) is 0 Å². The van der Waals surface area contributed by atoms with E-state index >= 15 is 0 Å². The number of carbonyl (C=O) groups is 1. The van der Waals surface area contributed by atoms with E-state index in [9.17, 15) is 9.18 Å². The zero-order valence-electron chi connectivity index (χ0n) is 10.7. The Morgan fingerprint density at radius 1 is 1.56 bits per heavy atom. The van der Waals surface area contributed by atoms with Crippen LogP contribution in [-0.2, 0) is 4.79 Å². The molecule has 1 aliphatic heterocycles. The summed E-state index contributed by atoms with van der Waals surface area (Å²) in [5.74, 6) is -0.299. The van der Waals surface area contributed by atoms with Crippen LogP contribution in [0.1, 0.15) is 13.8 Å². The highest BCUT2D eigenvalue weighted by Crippen LogP contribution is 2.34. The largest absolute Gasteiger partial charge is 0.382 e. The molecule has 3 nitrogen and oxygen atoms in total. The highest BCUT2D eigenvalue weighted by atomic mass is 19.1. The van der Waals surface area contributed by atoms with Crippen LogP contribution in [0.25, 0.3) is 0 Å². The molecule has 0 bridgehead atoms. The Hall–Kier alpha value is -1.84. The van der Waals surface area contributed by atoms with Crippen LogP contribution < -0.4 is 10.2 Å². The van der Waals surface area contributed by atoms with E-state index in [4.69, 9.17) is 0 Å². The van der Waals surface area contributed by atoms with Crippen molar-refractivity contribution in [2.24, 2.45) is 5.41 Å². The summed E-state index contributed by atoms with van der Waals surface area (Å²) in [5.41, 5.74) is 0.820. The first-order chi connectivity index (χ1) is 8.45. The number of carbonyl (C=O) groups excluding carboxylic acids is 1. The number of nitrogens with zero attached hydrogens (tertiary/aromatic N) is 1. The Bertz CT molecular complexity index is 497. The van der Waals surface area contributed by atoms with Gasteiger partial charge >= 0.3 is 0 Å². The Kier molecular flexibility index (Phi) is 3.11. The third-order valence-corrected chi connectivity index (χ3v) is 3.11. The number of nitrogens with one attached hydrogen (secondary N) is 1. The van der Waals surface area contributed by atoms with Crippen molar-refractivity contribution in [2.75, 3.05) is 23.3 Å². The SMILES string of the molecule is C=CCN1C(=O)C(C)(C)CNc2cc(F)ccc21. The van der Waals surface area contributed by atoms with Crippen LogP contribution in [0.3, 0.4) is 0 Å². The van der Waals surface area contributed by atoms with E-state index in [1.54, 1.807) is 17.0 Å². The minimum Gasteiger partial charge on any atom is -0.382 e. The van der Waals surface area contributed by atoms with Crippen molar-refractivity contribution in [3.05, 3.63) is 36.7 Å². The topological polar surface area (TPSA) is 32.3 Å². The molecule has 2 rings (SSSR count). The van der Waals surface area contributed by atoms with Gasteiger partial charge in [0.25, 0.3) is 0 Å². The maximum Gasteiger partial charge on any atom is 0.234 e. The van der Waals surface area contributed by atoms with Gasteiger partial charge in [-0.1, -0.05) is 6.08 Å². The molecule has 1 N–H and O–H groups in total. The molecule has 0 saturated carbocycles. The first-order valence-electron chi connectivity index (χ1n) is 5.92. The lowest BCUT2D eigenvalue weighted by molar-refractivity contribution is -0.125. The lowest BCUT2D eigenvalue weighted by atomic mass is 9.92. The van der Waals surface area contributed by atoms with E-state index in [2.05, 4.69) is 11.9 Å². The molecule has 1 aromatic carbocycles. The van der Waals surface area contributed by atoms with Gasteiger partial charge in [0, 0.05) is 13.1 Å². The number of amides is 1. The van der Waals surface area contributed by atoms with Crippen LogP contribution in [0.5, 0.6) is 0 Å². The van der Waals surface area contributed by atoms with Gasteiger partial charge in [0.2, 0.25) is 5.91 Å². The number of benzene rings is 1. The highest BCUT2D eigenvalue weighted by Gasteiger charge is 2.35. The first kappa shape index (κ1) is 12.6. The summed E-state index contributed by atoms with van der Waals surface area (Å²) >= 11 is 0. The lowest BCUT2D eigenvalue weighted by Gasteiger charge is -2.27. The second kappa shape index (κ2) is 4.44. The molecule has 18 heavy (non-hydrogen) atoms. The third kappa shape index (κ3) is 2.10. The predicted molar refractivity (Wildman–Crippen MR) is 71.2 cm³/mol. The van der Waals surface area contributed by atoms with E-state index in [0.29, 0.717) is 24.5 Å². The van der Waals surface area contributed by atoms with Gasteiger partial charge in [0.15, 0.2) is 0 Å². The smallest absolute Gasteiger partial charge is 0.234 e. The van der Waals surface area contributed by atoms with Crippen LogP contribution in [-0.4, -0.2) is 19.0 Å². The molecule has 0 saturated heterocycles. The van der Waals surface area contributed by atoms with Crippen molar-refractivity contribution >= 4 is 17.3 Å². The molecule has 1 aromatic rings. The molecule has 96 valence electrons. The fourth-order valence-corrected chi connectivity index (χ4v) is 2.06. The minimum atomic E-state index is -0.529. The molecule has 4 heteroatoms. The van der Waals surface area contributed by atoms with Gasteiger partial charge in [-0.25, -0.2) is 4.39 Å². The third-order valence-electron chi connectivity index (χ3n) is 3.11. The van der Waals surface area contributed by atoms with Crippen LogP contribution >= 0.6 is 0 Å². The van der Waals surface area contributed by atoms with Gasteiger partial charge in [0.05, 0.1) is 16.8 Å². The molecule has 0 aromatic heterocycles. The van der Waals surface area contributed by atoms with Crippen molar-refractivity contribution in [3.8, 4) is 0 Å². The summed E-state index contributed by atoms with van der Waals surface area (Å²) in [4.78, 5) is 14.1. The van der Waals surface area contributed by atoms with Crippen LogP contribution in [0.15, 0.2) is 30.9 Å². The van der Waals surface area contributed by atoms with E-state index in [1.165, 1.54) is 12.1 Å². The van der Waals surface area contributed by atoms with Gasteiger partial charge in [0.1, 0.15) is 5.82 Å². The number of hydrogen-bond donors (Lipinski definition) is 1. The van der Waals surface area contributed by atoms with E-state index in [-0.39, 0.29) is 11.7 Å². The fraction of sp³-hybridized carbons (Fsp3) is 0.357. The Morgan fingerprint density at radius 2 is 2.28 bits per heavy atom. The molecular formula is C14H17FN2O. The number of fused-ring (bicyclic) bond motifs is 1. The van der Waals surface area contributed by atoms with E-state index in [1.807, 2.05) is 13.8 Å². The summed E-state index contributed by atoms with van der Waals surface area (Å²) in [7, 11) is 0. The zero-order valence-corrected chi connectivity index (χ0v) is 10.7. The maximum absolute atomic E-state index is 13.3. The Labute approximate surface area is 106 Å². The monoisotopic (exact) mass is 248 g/mol. The summed E-state index contributed by atoms with van der Waals surface area (Å²) in [6.45, 7) is 8.32. The molecule has 0 aliphatic carbocycles. The van der Waals surface area contributed by atoms with Crippen molar-refractivity contribution < 1.29 is 9.18 Å². The molecule has 0 fully saturated rings. The molecule has 1 aliphatic rings. The van der Waals surface area contributed by atoms with Crippen molar-refractivity contribution in [3.63, 3.8) is 0 Å². The normalized spacial score (nSPS) is 17.7. The van der Waals surface area contributed by atoms with Gasteiger partial charge in [-0.3, -0.25) is 4.79 Å². The summed E-state index contributed by atoms with van der Waals surface area (Å²) in [6.07, 6.45) is 1.67. The molecule has 0 spiro atoms. The summed E-state index contributed by atoms with van der Waals surface area (Å²) in [5, 5.41) is 3.14. The number of halogens is 1. The second-order valence-corrected chi connectivity index (χ2v) is 5.10. The van der Waals surface area contributed by atoms with Gasteiger partial charge in [-0.15, -0.1) is 6.58 Å². The first-order valence-corrected chi connectivity index (χ1v) is 5.92. The molecule has 0 unspecified atom stereocenters. The van der Waals surface area contributed by atoms with Gasteiger partial charge < -0.3 is 10.2 Å². The Morgan fingerprint density at radius 3 is 2.94 bits per heavy atom. The van der Waals surface area contributed by atoms with Gasteiger partial charge in [-0.2, -0.15) is 0 Å². The summed E-state index contributed by atoms with van der Waals surface area (Å²) < 4.78 is 13.3. The predicted octanol–water partition coefficient (Wildman–Crippen LogP) is 2.80. The number of anilines is 2. The van der Waals surface area contributed by atoms with E-state index in [0.717, 1.165) is 0 Å². The standard InChI is InChI=1S/C14H17FN2O/c1-4-7-17-12-6-5-10(15)8-11(12)16-9-14(2,3)13(17)18/h4-6,8,16H,1,7,9H2,2-3H3. The van der Waals surface area contributed by atoms with Gasteiger partial charge in [-0.05, 0) is 32.0 Å². The average molecular weight is 248 g/mol. The molecule has 1 heterocycles. The second-order valence-electron chi connectivity index (χ2n) is 5.10. The molecular weight excluding hydrogens is 231 g/mol. The minimum absolute atomic E-state index is 0.0141. The Balaban J connectivity index is 2.52. The molecule has 1 amide bonds. The van der Waals surface area contributed by atoms with Crippen molar-refractivity contribution in [1.29, 1.82) is 0 Å². The van der Waals surface area contributed by atoms with Crippen molar-refractivity contribution in [2.45, 2.75) is 13.8 Å². The quantitative estimate of drug-likeness (QED) is 0.816. The molecule has 0 radical (unpaired) electrons. The van der Waals surface area contributed by atoms with Crippen LogP contribution in [0, 0.1) is 11.2 Å². The zero-order chi connectivity index (χ0) is 13.3. The summed E-state index contributed by atoms with van der Waals surface area (Å²) in [6, 6.07) is 4.41.